The average Bonchev–Trinajstić information content (AvgIpc) is 2.77. The predicted octanol–water partition coefficient (Wildman–Crippen LogP) is -0.0440. The zero-order valence-corrected chi connectivity index (χ0v) is 10.6. The molecule has 1 unspecified atom stereocenters. The molecule has 2 heterocycles. The van der Waals surface area contributed by atoms with Gasteiger partial charge in [-0.1, -0.05) is 0 Å². The van der Waals surface area contributed by atoms with Crippen molar-refractivity contribution < 1.29 is 14.3 Å². The van der Waals surface area contributed by atoms with Gasteiger partial charge in [0.2, 0.25) is 0 Å². The summed E-state index contributed by atoms with van der Waals surface area (Å²) in [4.78, 5) is 16.1. The summed E-state index contributed by atoms with van der Waals surface area (Å²) in [5.41, 5.74) is 0. The summed E-state index contributed by atoms with van der Waals surface area (Å²) in [5.74, 6) is -0.0345. The number of esters is 1. The first-order valence-electron chi connectivity index (χ1n) is 6.52. The minimum atomic E-state index is -0.0345. The quantitative estimate of drug-likeness (QED) is 0.500. The summed E-state index contributed by atoms with van der Waals surface area (Å²) < 4.78 is 10.4. The zero-order chi connectivity index (χ0) is 12.1. The van der Waals surface area contributed by atoms with Crippen LogP contribution in [0.5, 0.6) is 0 Å². The van der Waals surface area contributed by atoms with E-state index < -0.39 is 0 Å². The van der Waals surface area contributed by atoms with E-state index >= 15 is 0 Å². The van der Waals surface area contributed by atoms with Crippen LogP contribution in [0.4, 0.5) is 0 Å². The number of hydrogen-bond acceptors (Lipinski definition) is 5. The van der Waals surface area contributed by atoms with Crippen molar-refractivity contribution in [2.24, 2.45) is 0 Å². The lowest BCUT2D eigenvalue weighted by Gasteiger charge is -2.36. The van der Waals surface area contributed by atoms with Crippen LogP contribution >= 0.6 is 0 Å². The van der Waals surface area contributed by atoms with Crippen molar-refractivity contribution in [3.05, 3.63) is 0 Å². The van der Waals surface area contributed by atoms with Gasteiger partial charge in [-0.05, 0) is 6.92 Å². The van der Waals surface area contributed by atoms with Crippen molar-refractivity contribution >= 4 is 5.97 Å². The zero-order valence-electron chi connectivity index (χ0n) is 10.6. The fourth-order valence-electron chi connectivity index (χ4n) is 2.45. The fourth-order valence-corrected chi connectivity index (χ4v) is 2.45. The van der Waals surface area contributed by atoms with E-state index in [0.717, 1.165) is 52.4 Å². The molecule has 2 saturated heterocycles. The van der Waals surface area contributed by atoms with E-state index in [-0.39, 0.29) is 12.0 Å². The molecule has 0 N–H and O–H groups in total. The Morgan fingerprint density at radius 2 is 2.12 bits per heavy atom. The molecule has 0 amide bonds. The molecule has 0 bridgehead atoms. The van der Waals surface area contributed by atoms with Crippen LogP contribution < -0.4 is 0 Å². The molecule has 2 aliphatic rings. The molecule has 2 rings (SSSR count). The molecule has 0 spiro atoms. The average molecular weight is 242 g/mol. The molecule has 0 saturated carbocycles. The number of hydrogen-bond donors (Lipinski definition) is 0. The lowest BCUT2D eigenvalue weighted by Crippen LogP contribution is -2.52. The van der Waals surface area contributed by atoms with Crippen LogP contribution in [-0.2, 0) is 14.3 Å². The highest BCUT2D eigenvalue weighted by atomic mass is 16.5. The second-order valence-electron chi connectivity index (χ2n) is 4.55. The second kappa shape index (κ2) is 6.33. The largest absolute Gasteiger partial charge is 0.464 e. The summed E-state index contributed by atoms with van der Waals surface area (Å²) in [6, 6.07) is 0.0176. The molecule has 0 aromatic heterocycles. The van der Waals surface area contributed by atoms with Gasteiger partial charge < -0.3 is 9.47 Å². The maximum Gasteiger partial charge on any atom is 0.323 e. The van der Waals surface area contributed by atoms with Gasteiger partial charge in [0.25, 0.3) is 0 Å². The van der Waals surface area contributed by atoms with E-state index in [1.165, 1.54) is 0 Å². The van der Waals surface area contributed by atoms with Gasteiger partial charge in [0.15, 0.2) is 0 Å². The minimum Gasteiger partial charge on any atom is -0.464 e. The highest BCUT2D eigenvalue weighted by molar-refractivity contribution is 5.77. The van der Waals surface area contributed by atoms with Crippen LogP contribution in [0.2, 0.25) is 0 Å². The highest BCUT2D eigenvalue weighted by Gasteiger charge is 2.33. The molecule has 5 nitrogen and oxygen atoms in total. The van der Waals surface area contributed by atoms with Crippen molar-refractivity contribution in [2.75, 3.05) is 52.5 Å². The smallest absolute Gasteiger partial charge is 0.323 e. The van der Waals surface area contributed by atoms with Gasteiger partial charge in [0.05, 0.1) is 13.2 Å². The molecule has 2 fully saturated rings. The van der Waals surface area contributed by atoms with Gasteiger partial charge in [0.1, 0.15) is 6.04 Å². The number of rotatable bonds is 5. The van der Waals surface area contributed by atoms with Crippen LogP contribution in [0.25, 0.3) is 0 Å². The number of cyclic esters (lactones) is 1. The van der Waals surface area contributed by atoms with Gasteiger partial charge in [0, 0.05) is 45.8 Å². The highest BCUT2D eigenvalue weighted by Crippen LogP contribution is 2.15. The van der Waals surface area contributed by atoms with Crippen molar-refractivity contribution in [3.8, 4) is 0 Å². The van der Waals surface area contributed by atoms with E-state index in [4.69, 9.17) is 9.47 Å². The topological polar surface area (TPSA) is 42.0 Å². The summed E-state index contributed by atoms with van der Waals surface area (Å²) in [7, 11) is 0. The summed E-state index contributed by atoms with van der Waals surface area (Å²) in [5, 5.41) is 0. The Morgan fingerprint density at radius 3 is 2.71 bits per heavy atom. The van der Waals surface area contributed by atoms with E-state index in [0.29, 0.717) is 6.61 Å². The molecule has 0 aliphatic carbocycles. The van der Waals surface area contributed by atoms with Crippen molar-refractivity contribution in [1.82, 2.24) is 9.80 Å². The lowest BCUT2D eigenvalue weighted by molar-refractivity contribution is -0.142. The molecule has 0 radical (unpaired) electrons. The number of ether oxygens (including phenoxy) is 2. The molecule has 2 aliphatic heterocycles. The third-order valence-corrected chi connectivity index (χ3v) is 3.51. The molecule has 0 aromatic carbocycles. The Balaban J connectivity index is 1.68. The molecule has 1 atom stereocenters. The Labute approximate surface area is 103 Å². The van der Waals surface area contributed by atoms with Crippen LogP contribution in [0.15, 0.2) is 0 Å². The first kappa shape index (κ1) is 12.8. The molecular weight excluding hydrogens is 220 g/mol. The second-order valence-corrected chi connectivity index (χ2v) is 4.55. The predicted molar refractivity (Wildman–Crippen MR) is 63.9 cm³/mol. The summed E-state index contributed by atoms with van der Waals surface area (Å²) in [6.07, 6.45) is 0.859. The molecule has 17 heavy (non-hydrogen) atoms. The SMILES string of the molecule is CCOCCN1CCN(C2CCOC2=O)CC1. The van der Waals surface area contributed by atoms with Gasteiger partial charge in [-0.2, -0.15) is 0 Å². The first-order valence-corrected chi connectivity index (χ1v) is 6.52. The number of nitrogens with zero attached hydrogens (tertiary/aromatic N) is 2. The Bertz CT molecular complexity index is 252. The van der Waals surface area contributed by atoms with Gasteiger partial charge in [-0.3, -0.25) is 14.6 Å². The lowest BCUT2D eigenvalue weighted by atomic mass is 10.2. The van der Waals surface area contributed by atoms with Gasteiger partial charge in [-0.25, -0.2) is 0 Å². The van der Waals surface area contributed by atoms with Crippen LogP contribution in [0.3, 0.4) is 0 Å². The molecule has 5 heteroatoms. The fraction of sp³-hybridized carbons (Fsp3) is 0.917. The Kier molecular flexibility index (Phi) is 4.76. The monoisotopic (exact) mass is 242 g/mol. The van der Waals surface area contributed by atoms with Crippen LogP contribution in [0.1, 0.15) is 13.3 Å². The van der Waals surface area contributed by atoms with Gasteiger partial charge >= 0.3 is 5.97 Å². The number of piperazine rings is 1. The Hall–Kier alpha value is -0.650. The number of carbonyl (C=O) groups excluding carboxylic acids is 1. The van der Waals surface area contributed by atoms with Crippen molar-refractivity contribution in [2.45, 2.75) is 19.4 Å². The molecule has 98 valence electrons. The number of carbonyl (C=O) groups is 1. The van der Waals surface area contributed by atoms with Crippen LogP contribution in [0, 0.1) is 0 Å². The van der Waals surface area contributed by atoms with Crippen molar-refractivity contribution in [3.63, 3.8) is 0 Å². The van der Waals surface area contributed by atoms with E-state index in [2.05, 4.69) is 9.80 Å². The Morgan fingerprint density at radius 1 is 1.35 bits per heavy atom. The summed E-state index contributed by atoms with van der Waals surface area (Å²) >= 11 is 0. The third kappa shape index (κ3) is 3.40. The van der Waals surface area contributed by atoms with Crippen molar-refractivity contribution in [1.29, 1.82) is 0 Å². The first-order chi connectivity index (χ1) is 8.31. The summed E-state index contributed by atoms with van der Waals surface area (Å²) in [6.45, 7) is 9.18. The maximum absolute atomic E-state index is 11.5. The minimum absolute atomic E-state index is 0.0176. The van der Waals surface area contributed by atoms with E-state index in [1.807, 2.05) is 6.92 Å². The standard InChI is InChI=1S/C12H22N2O3/c1-2-16-10-8-13-4-6-14(7-5-13)11-3-9-17-12(11)15/h11H,2-10H2,1H3. The molecular formula is C12H22N2O3. The molecule has 0 aromatic rings. The normalized spacial score (nSPS) is 27.4. The van der Waals surface area contributed by atoms with E-state index in [9.17, 15) is 4.79 Å². The van der Waals surface area contributed by atoms with E-state index in [1.54, 1.807) is 0 Å². The van der Waals surface area contributed by atoms with Gasteiger partial charge in [-0.15, -0.1) is 0 Å². The maximum atomic E-state index is 11.5. The third-order valence-electron chi connectivity index (χ3n) is 3.51. The van der Waals surface area contributed by atoms with Crippen LogP contribution in [-0.4, -0.2) is 74.4 Å².